The lowest BCUT2D eigenvalue weighted by molar-refractivity contribution is 0.0801. The number of hydrogen-bond acceptors (Lipinski definition) is 5. The second kappa shape index (κ2) is 11.4. The molecule has 3 aliphatic carbocycles. The Balaban J connectivity index is 1.11. The fraction of sp³-hybridized carbons (Fsp3) is 0.0500. The van der Waals surface area contributed by atoms with E-state index in [0.29, 0.717) is 33.4 Å². The SMILES string of the molecule is O=C1c2ccccc2C(=O)c2cc(Sc3ccc([S+](c4ccccc4)c4ccc5c(c4)C(=O)C4C=CC=CC4C5=O)cc3)ccc21. The predicted octanol–water partition coefficient (Wildman–Crippen LogP) is 8.45. The van der Waals surface area contributed by atoms with Crippen LogP contribution in [0.1, 0.15) is 52.6 Å². The molecule has 3 atom stereocenters. The Morgan fingerprint density at radius 1 is 0.435 bits per heavy atom. The van der Waals surface area contributed by atoms with E-state index in [2.05, 4.69) is 36.4 Å². The van der Waals surface area contributed by atoms with Gasteiger partial charge in [0.15, 0.2) is 37.8 Å². The number of carbonyl (C=O) groups is 4. The van der Waals surface area contributed by atoms with Gasteiger partial charge >= 0.3 is 0 Å². The van der Waals surface area contributed by atoms with Crippen LogP contribution in [0.4, 0.5) is 0 Å². The number of ketones is 4. The van der Waals surface area contributed by atoms with Crippen molar-refractivity contribution in [1.29, 1.82) is 0 Å². The highest BCUT2D eigenvalue weighted by atomic mass is 32.2. The summed E-state index contributed by atoms with van der Waals surface area (Å²) >= 11 is 1.53. The van der Waals surface area contributed by atoms with Crippen LogP contribution >= 0.6 is 11.8 Å². The Labute approximate surface area is 273 Å². The molecule has 4 nitrogen and oxygen atoms in total. The molecule has 3 aliphatic rings. The summed E-state index contributed by atoms with van der Waals surface area (Å²) in [5.74, 6) is -1.17. The molecule has 0 heterocycles. The Morgan fingerprint density at radius 2 is 0.957 bits per heavy atom. The quantitative estimate of drug-likeness (QED) is 0.178. The number of fused-ring (bicyclic) bond motifs is 4. The minimum absolute atomic E-state index is 0.00910. The van der Waals surface area contributed by atoms with Crippen LogP contribution in [0.2, 0.25) is 0 Å². The summed E-state index contributed by atoms with van der Waals surface area (Å²) in [6.07, 6.45) is 7.35. The van der Waals surface area contributed by atoms with Crippen molar-refractivity contribution in [3.8, 4) is 0 Å². The van der Waals surface area contributed by atoms with Crippen molar-refractivity contribution in [2.24, 2.45) is 11.8 Å². The van der Waals surface area contributed by atoms with E-state index in [9.17, 15) is 19.2 Å². The van der Waals surface area contributed by atoms with Gasteiger partial charge in [0.05, 0.1) is 22.7 Å². The number of hydrogen-bond donors (Lipinski definition) is 0. The van der Waals surface area contributed by atoms with Crippen LogP contribution in [0.15, 0.2) is 164 Å². The number of rotatable bonds is 5. The van der Waals surface area contributed by atoms with Crippen LogP contribution in [-0.2, 0) is 10.9 Å². The highest BCUT2D eigenvalue weighted by Crippen LogP contribution is 2.39. The lowest BCUT2D eigenvalue weighted by Gasteiger charge is -2.28. The fourth-order valence-electron chi connectivity index (χ4n) is 6.42. The molecule has 46 heavy (non-hydrogen) atoms. The lowest BCUT2D eigenvalue weighted by atomic mass is 9.72. The van der Waals surface area contributed by atoms with Crippen molar-refractivity contribution in [2.45, 2.75) is 24.5 Å². The van der Waals surface area contributed by atoms with Crippen LogP contribution in [0.25, 0.3) is 0 Å². The molecule has 0 saturated carbocycles. The monoisotopic (exact) mass is 633 g/mol. The molecule has 5 aromatic rings. The van der Waals surface area contributed by atoms with Crippen molar-refractivity contribution < 1.29 is 19.2 Å². The summed E-state index contributed by atoms with van der Waals surface area (Å²) in [5, 5.41) is 0. The Morgan fingerprint density at radius 3 is 1.65 bits per heavy atom. The molecule has 0 radical (unpaired) electrons. The molecule has 0 fully saturated rings. The van der Waals surface area contributed by atoms with Gasteiger partial charge in [0.1, 0.15) is 0 Å². The minimum Gasteiger partial charge on any atom is -0.293 e. The lowest BCUT2D eigenvalue weighted by Crippen LogP contribution is -2.35. The van der Waals surface area contributed by atoms with Crippen LogP contribution in [-0.4, -0.2) is 23.1 Å². The highest BCUT2D eigenvalue weighted by molar-refractivity contribution is 7.99. The maximum absolute atomic E-state index is 13.6. The van der Waals surface area contributed by atoms with Crippen LogP contribution in [0.3, 0.4) is 0 Å². The Kier molecular flexibility index (Phi) is 7.04. The molecule has 0 bridgehead atoms. The molecular weight excluding hydrogens is 609 g/mol. The van der Waals surface area contributed by atoms with Gasteiger partial charge in [-0.15, -0.1) is 0 Å². The minimum atomic E-state index is -0.522. The Bertz CT molecular complexity index is 2160. The third-order valence-electron chi connectivity index (χ3n) is 8.67. The smallest absolute Gasteiger partial charge is 0.194 e. The van der Waals surface area contributed by atoms with Gasteiger partial charge in [0.25, 0.3) is 0 Å². The summed E-state index contributed by atoms with van der Waals surface area (Å²) in [7, 11) is -0.522. The maximum atomic E-state index is 13.6. The first-order valence-electron chi connectivity index (χ1n) is 14.9. The molecule has 6 heteroatoms. The number of Topliss-reactive ketones (excluding diaryl/α,β-unsaturated/α-hetero) is 2. The molecule has 0 amide bonds. The van der Waals surface area contributed by atoms with Gasteiger partial charge in [-0.2, -0.15) is 0 Å². The predicted molar refractivity (Wildman–Crippen MR) is 179 cm³/mol. The van der Waals surface area contributed by atoms with E-state index >= 15 is 0 Å². The van der Waals surface area contributed by atoms with Gasteiger partial charge in [0, 0.05) is 49.2 Å². The first kappa shape index (κ1) is 28.4. The third-order valence-corrected chi connectivity index (χ3v) is 11.9. The standard InChI is InChI=1S/C40H25O4S2/c41-37-29-10-4-6-12-31(29)39(43)35-22-25(16-20-33(35)37)45-24-14-17-27(18-15-24)46(26-8-2-1-3-9-26)28-19-21-34-36(23-28)40(44)32-13-7-5-11-30(32)38(34)42/h1-23,30,32H/q+1. The van der Waals surface area contributed by atoms with Crippen molar-refractivity contribution in [3.63, 3.8) is 0 Å². The molecule has 0 aromatic heterocycles. The average Bonchev–Trinajstić information content (AvgIpc) is 3.11. The second-order valence-electron chi connectivity index (χ2n) is 11.4. The first-order valence-corrected chi connectivity index (χ1v) is 17.0. The average molecular weight is 634 g/mol. The fourth-order valence-corrected chi connectivity index (χ4v) is 9.37. The van der Waals surface area contributed by atoms with Crippen molar-refractivity contribution >= 4 is 45.8 Å². The number of carbonyl (C=O) groups excluding carboxylic acids is 4. The molecule has 0 saturated heterocycles. The summed E-state index contributed by atoms with van der Waals surface area (Å²) in [6, 6.07) is 36.6. The number of allylic oxidation sites excluding steroid dienone is 4. The van der Waals surface area contributed by atoms with Crippen molar-refractivity contribution in [2.75, 3.05) is 0 Å². The summed E-state index contributed by atoms with van der Waals surface area (Å²) in [5.41, 5.74) is 2.75. The second-order valence-corrected chi connectivity index (χ2v) is 14.5. The molecule has 3 unspecified atom stereocenters. The third kappa shape index (κ3) is 4.73. The van der Waals surface area contributed by atoms with Gasteiger partial charge in [-0.05, 0) is 66.7 Å². The molecule has 0 spiro atoms. The molecular formula is C40H25O4S2+. The van der Waals surface area contributed by atoms with Gasteiger partial charge in [-0.1, -0.05) is 78.5 Å². The first-order chi connectivity index (χ1) is 22.5. The molecule has 0 aliphatic heterocycles. The molecule has 5 aromatic carbocycles. The molecule has 220 valence electrons. The largest absolute Gasteiger partial charge is 0.293 e. The van der Waals surface area contributed by atoms with Gasteiger partial charge in [-0.3, -0.25) is 19.2 Å². The summed E-state index contributed by atoms with van der Waals surface area (Å²) < 4.78 is 0. The highest BCUT2D eigenvalue weighted by Gasteiger charge is 2.41. The number of benzene rings is 5. The van der Waals surface area contributed by atoms with E-state index in [1.54, 1.807) is 30.3 Å². The van der Waals surface area contributed by atoms with Crippen molar-refractivity contribution in [1.82, 2.24) is 0 Å². The topological polar surface area (TPSA) is 68.3 Å². The molecule has 8 rings (SSSR count). The molecule has 0 N–H and O–H groups in total. The van der Waals surface area contributed by atoms with Crippen LogP contribution in [0, 0.1) is 11.8 Å². The maximum Gasteiger partial charge on any atom is 0.194 e. The zero-order valence-corrected chi connectivity index (χ0v) is 26.0. The van der Waals surface area contributed by atoms with Gasteiger partial charge < -0.3 is 0 Å². The van der Waals surface area contributed by atoms with Crippen LogP contribution in [0.5, 0.6) is 0 Å². The van der Waals surface area contributed by atoms with Crippen molar-refractivity contribution in [3.05, 3.63) is 173 Å². The van der Waals surface area contributed by atoms with E-state index < -0.39 is 22.7 Å². The van der Waals surface area contributed by atoms with Gasteiger partial charge in [0.2, 0.25) is 0 Å². The van der Waals surface area contributed by atoms with E-state index in [0.717, 1.165) is 24.5 Å². The van der Waals surface area contributed by atoms with E-state index in [1.807, 2.05) is 72.8 Å². The van der Waals surface area contributed by atoms with Crippen LogP contribution < -0.4 is 0 Å². The summed E-state index contributed by atoms with van der Waals surface area (Å²) in [4.78, 5) is 58.2. The van der Waals surface area contributed by atoms with E-state index in [-0.39, 0.29) is 23.1 Å². The zero-order valence-electron chi connectivity index (χ0n) is 24.4. The van der Waals surface area contributed by atoms with E-state index in [4.69, 9.17) is 0 Å². The van der Waals surface area contributed by atoms with Gasteiger partial charge in [-0.25, -0.2) is 0 Å². The zero-order chi connectivity index (χ0) is 31.4. The Hall–Kier alpha value is -5.04. The van der Waals surface area contributed by atoms with E-state index in [1.165, 1.54) is 11.8 Å². The normalized spacial score (nSPS) is 18.4. The summed E-state index contributed by atoms with van der Waals surface area (Å²) in [6.45, 7) is 0.